The number of aliphatic hydroxyl groups excluding tert-OH is 2. The summed E-state index contributed by atoms with van der Waals surface area (Å²) in [5, 5.41) is 20.7. The number of aliphatic hydroxyl groups is 2. The van der Waals surface area contributed by atoms with Gasteiger partial charge in [-0.15, -0.1) is 0 Å². The first-order valence-electron chi connectivity index (χ1n) is 46.1. The number of hydrogen-bond acceptors (Lipinski definition) is 14. The summed E-state index contributed by atoms with van der Waals surface area (Å²) in [6.07, 6.45) is 118. The van der Waals surface area contributed by atoms with Gasteiger partial charge >= 0.3 is 33.6 Å². The molecule has 0 aliphatic rings. The van der Waals surface area contributed by atoms with Crippen LogP contribution in [0.5, 0.6) is 0 Å². The fourth-order valence-corrected chi connectivity index (χ4v) is 13.8. The molecule has 0 spiro atoms. The van der Waals surface area contributed by atoms with Crippen molar-refractivity contribution in [3.8, 4) is 0 Å². The quantitative estimate of drug-likeness (QED) is 0.0146. The molecule has 18 heteroatoms. The molecule has 668 valence electrons. The fourth-order valence-electron chi connectivity index (χ4n) is 12.2. The summed E-state index contributed by atoms with van der Waals surface area (Å²) in [5.41, 5.74) is 0. The van der Waals surface area contributed by atoms with Crippen LogP contribution in [0, 0.1) is 0 Å². The molecule has 0 heterocycles. The summed E-state index contributed by atoms with van der Waals surface area (Å²) in [6.45, 7) is 2.34. The van der Waals surface area contributed by atoms with Gasteiger partial charge in [0, 0.05) is 19.3 Å². The second kappa shape index (κ2) is 89.9. The van der Waals surface area contributed by atoms with Gasteiger partial charge in [-0.05, 0) is 154 Å². The normalized spacial score (nSPS) is 14.6. The highest BCUT2D eigenvalue weighted by molar-refractivity contribution is 7.47. The Bertz CT molecular complexity index is 2860. The second-order valence-electron chi connectivity index (χ2n) is 30.3. The molecule has 0 aromatic rings. The van der Waals surface area contributed by atoms with E-state index in [1.165, 1.54) is 128 Å². The number of phosphoric ester groups is 2. The number of carbonyl (C=O) groups excluding carboxylic acids is 3. The first-order chi connectivity index (χ1) is 57.2. The number of ether oxygens (including phenoxy) is 3. The topological polar surface area (TPSA) is 231 Å². The Morgan fingerprint density at radius 3 is 0.675 bits per heavy atom. The Morgan fingerprint density at radius 1 is 0.239 bits per heavy atom. The summed E-state index contributed by atoms with van der Waals surface area (Å²) in [4.78, 5) is 59.0. The Labute approximate surface area is 713 Å². The van der Waals surface area contributed by atoms with E-state index in [2.05, 4.69) is 203 Å². The summed E-state index contributed by atoms with van der Waals surface area (Å²) in [7, 11) is -9.82. The molecule has 0 aromatic heterocycles. The first-order valence-corrected chi connectivity index (χ1v) is 49.1. The zero-order valence-electron chi connectivity index (χ0n) is 73.6. The highest BCUT2D eigenvalue weighted by atomic mass is 31.2. The molecule has 0 aromatic carbocycles. The van der Waals surface area contributed by atoms with Gasteiger partial charge in [0.2, 0.25) is 0 Å². The van der Waals surface area contributed by atoms with Crippen LogP contribution in [0.25, 0.3) is 0 Å². The van der Waals surface area contributed by atoms with Gasteiger partial charge in [0.25, 0.3) is 0 Å². The van der Waals surface area contributed by atoms with Gasteiger partial charge in [0.05, 0.1) is 26.4 Å². The van der Waals surface area contributed by atoms with E-state index in [0.29, 0.717) is 19.3 Å². The highest BCUT2D eigenvalue weighted by Crippen LogP contribution is 2.45. The third-order valence-electron chi connectivity index (χ3n) is 19.1. The third kappa shape index (κ3) is 91.2. The average Bonchev–Trinajstić information content (AvgIpc) is 0.900. The van der Waals surface area contributed by atoms with Crippen LogP contribution < -0.4 is 0 Å². The molecule has 0 aliphatic heterocycles. The lowest BCUT2D eigenvalue weighted by molar-refractivity contribution is -0.161. The van der Waals surface area contributed by atoms with E-state index in [4.69, 9.17) is 32.3 Å². The van der Waals surface area contributed by atoms with Crippen molar-refractivity contribution in [1.29, 1.82) is 0 Å². The van der Waals surface area contributed by atoms with Crippen LogP contribution in [0.15, 0.2) is 182 Å². The van der Waals surface area contributed by atoms with Crippen LogP contribution in [0.3, 0.4) is 0 Å². The fraction of sp³-hybridized carbons (Fsp3) is 0.667. The number of allylic oxidation sites excluding steroid dienone is 30. The van der Waals surface area contributed by atoms with Crippen LogP contribution in [0.4, 0.5) is 0 Å². The molecule has 0 aliphatic carbocycles. The van der Waals surface area contributed by atoms with E-state index >= 15 is 0 Å². The van der Waals surface area contributed by atoms with Gasteiger partial charge in [-0.1, -0.05) is 376 Å². The zero-order chi connectivity index (χ0) is 85.1. The van der Waals surface area contributed by atoms with Gasteiger partial charge in [-0.2, -0.15) is 0 Å². The number of phosphoric acid groups is 2. The third-order valence-corrected chi connectivity index (χ3v) is 21.0. The van der Waals surface area contributed by atoms with E-state index in [1.54, 1.807) is 0 Å². The van der Waals surface area contributed by atoms with Crippen LogP contribution in [0.1, 0.15) is 367 Å². The number of hydrogen-bond donors (Lipinski definition) is 4. The molecule has 117 heavy (non-hydrogen) atoms. The van der Waals surface area contributed by atoms with E-state index < -0.39 is 91.5 Å². The summed E-state index contributed by atoms with van der Waals surface area (Å²) in [5.74, 6) is -1.60. The minimum absolute atomic E-state index is 0.0756. The number of unbranched alkanes of at least 4 members (excludes halogenated alkanes) is 33. The lowest BCUT2D eigenvalue weighted by Crippen LogP contribution is -2.30. The van der Waals surface area contributed by atoms with E-state index in [9.17, 15) is 43.5 Å². The number of esters is 3. The molecule has 4 N–H and O–H groups in total. The SMILES string of the molecule is CC/C=C\C/C=C\C/C=C\C/C=C\C/C=C\CCCCCCCCCCCCCCCCCCCCCC(=O)OCC(O)COP(=O)(O)OCC(O)COP(=O)(O)OCC(COC(=O)CCCCCCCCCCC/C=C\C/C=C\C/C=C\C/C=C\C/C=C\CC)OC(=O)CCCCCCC/C=C\C/C=C\C/C=C\C/C=C\C/C=C\CC. The van der Waals surface area contributed by atoms with Gasteiger partial charge < -0.3 is 34.2 Å². The molecule has 0 saturated heterocycles. The van der Waals surface area contributed by atoms with Crippen molar-refractivity contribution in [3.05, 3.63) is 182 Å². The van der Waals surface area contributed by atoms with Crippen molar-refractivity contribution in [2.24, 2.45) is 0 Å². The monoisotopic (exact) mass is 1670 g/mol. The van der Waals surface area contributed by atoms with E-state index in [0.717, 1.165) is 180 Å². The summed E-state index contributed by atoms with van der Waals surface area (Å²) in [6, 6.07) is 0. The minimum atomic E-state index is -4.95. The molecular weight excluding hydrogens is 1510 g/mol. The van der Waals surface area contributed by atoms with E-state index in [1.807, 2.05) is 0 Å². The lowest BCUT2D eigenvalue weighted by atomic mass is 10.0. The molecule has 0 bridgehead atoms. The second-order valence-corrected chi connectivity index (χ2v) is 33.2. The molecule has 0 radical (unpaired) electrons. The molecule has 0 fully saturated rings. The molecular formula is C99H166O16P2. The highest BCUT2D eigenvalue weighted by Gasteiger charge is 2.29. The maximum Gasteiger partial charge on any atom is 0.472 e. The zero-order valence-corrected chi connectivity index (χ0v) is 75.4. The first kappa shape index (κ1) is 112. The van der Waals surface area contributed by atoms with Crippen molar-refractivity contribution in [3.63, 3.8) is 0 Å². The van der Waals surface area contributed by atoms with Crippen molar-refractivity contribution in [1.82, 2.24) is 0 Å². The number of rotatable bonds is 86. The molecule has 5 atom stereocenters. The van der Waals surface area contributed by atoms with Crippen molar-refractivity contribution in [2.75, 3.05) is 39.6 Å². The van der Waals surface area contributed by atoms with Crippen LogP contribution in [0.2, 0.25) is 0 Å². The predicted octanol–water partition coefficient (Wildman–Crippen LogP) is 28.4. The Morgan fingerprint density at radius 2 is 0.427 bits per heavy atom. The molecule has 5 unspecified atom stereocenters. The van der Waals surface area contributed by atoms with E-state index in [-0.39, 0.29) is 19.3 Å². The lowest BCUT2D eigenvalue weighted by Gasteiger charge is -2.21. The van der Waals surface area contributed by atoms with Gasteiger partial charge in [-0.25, -0.2) is 9.13 Å². The predicted molar refractivity (Wildman–Crippen MR) is 491 cm³/mol. The maximum absolute atomic E-state index is 13.1. The van der Waals surface area contributed by atoms with Gasteiger partial charge in [-0.3, -0.25) is 32.5 Å². The largest absolute Gasteiger partial charge is 0.472 e. The molecule has 0 amide bonds. The van der Waals surface area contributed by atoms with Crippen LogP contribution in [-0.4, -0.2) is 95.9 Å². The van der Waals surface area contributed by atoms with Gasteiger partial charge in [0.1, 0.15) is 25.4 Å². The average molecular weight is 1670 g/mol. The van der Waals surface area contributed by atoms with Crippen molar-refractivity contribution >= 4 is 33.6 Å². The van der Waals surface area contributed by atoms with Crippen LogP contribution >= 0.6 is 15.6 Å². The Hall–Kier alpha value is -5.35. The Kier molecular flexibility index (Phi) is 85.8. The Balaban J connectivity index is 4.54. The molecule has 0 saturated carbocycles. The maximum atomic E-state index is 13.1. The molecule has 16 nitrogen and oxygen atoms in total. The minimum Gasteiger partial charge on any atom is -0.463 e. The number of carbonyl (C=O) groups is 3. The molecule has 0 rings (SSSR count). The smallest absolute Gasteiger partial charge is 0.463 e. The van der Waals surface area contributed by atoms with Crippen LogP contribution in [-0.2, 0) is 55.8 Å². The van der Waals surface area contributed by atoms with Crippen molar-refractivity contribution in [2.45, 2.75) is 386 Å². The summed E-state index contributed by atoms with van der Waals surface area (Å²) >= 11 is 0. The van der Waals surface area contributed by atoms with Gasteiger partial charge in [0.15, 0.2) is 6.10 Å². The van der Waals surface area contributed by atoms with Crippen molar-refractivity contribution < 1.29 is 75.8 Å². The summed E-state index contributed by atoms with van der Waals surface area (Å²) < 4.78 is 61.4. The standard InChI is InChI=1S/C99H166O16P2/c1-4-7-10-13-16-19-22-25-28-31-34-37-39-41-42-43-44-45-46-47-48-49-50-52-54-56-58-61-64-67-70-73-76-79-82-85-97(102)109-88-94(100)89-111-116(105,106)112-90-95(101)91-113-117(107,108)114-93-96(115-99(104)87-84-81-78-75-72-69-66-63-60-55-36-33-30-27-24-21-18-15-12-9-6-3)92-110-98(103)86-83-80-77-74-71-68-65-62-59-57-53-51-40-38-35-32-29-26-23-20-17-14-11-8-5-2/h7-12,16-21,25-30,34-38,41-42,51,53,55,63,66,94-96,100-101H,4-6,13-15,22-24,31-33,39-40,43-50,52,54,56-62,64-65,67-93H2,1-3H3,(H,105,106)(H,107,108)/b10-7-,11-8-,12-9-,19-16-,20-17-,21-18-,28-25-,29-26-,30-27-,37-34-,38-35-,42-41-,53-51-,55-36-,66-63-.